The van der Waals surface area contributed by atoms with E-state index in [-0.39, 0.29) is 0 Å². The summed E-state index contributed by atoms with van der Waals surface area (Å²) in [5, 5.41) is 11.9. The minimum atomic E-state index is 0.647. The summed E-state index contributed by atoms with van der Waals surface area (Å²) >= 11 is 0. The minimum Gasteiger partial charge on any atom is -0.373 e. The van der Waals surface area contributed by atoms with Gasteiger partial charge in [-0.3, -0.25) is 0 Å². The van der Waals surface area contributed by atoms with Crippen molar-refractivity contribution < 1.29 is 0 Å². The Morgan fingerprint density at radius 1 is 1.15 bits per heavy atom. The first kappa shape index (κ1) is 13.8. The minimum absolute atomic E-state index is 0.647. The molecule has 0 aliphatic carbocycles. The van der Waals surface area contributed by atoms with Gasteiger partial charge in [0.1, 0.15) is 17.5 Å². The number of hydrogen-bond donors (Lipinski definition) is 1. The highest BCUT2D eigenvalue weighted by atomic mass is 15.2. The molecule has 0 fully saturated rings. The van der Waals surface area contributed by atoms with E-state index in [1.54, 1.807) is 12.1 Å². The van der Waals surface area contributed by atoms with Crippen molar-refractivity contribution in [1.29, 1.82) is 5.26 Å². The summed E-state index contributed by atoms with van der Waals surface area (Å²) in [5.41, 5.74) is 2.62. The molecule has 102 valence electrons. The second-order valence-corrected chi connectivity index (χ2v) is 4.54. The van der Waals surface area contributed by atoms with E-state index in [2.05, 4.69) is 21.4 Å². The van der Waals surface area contributed by atoms with E-state index in [0.717, 1.165) is 28.7 Å². The fourth-order valence-corrected chi connectivity index (χ4v) is 2.07. The summed E-state index contributed by atoms with van der Waals surface area (Å²) in [6, 6.07) is 9.54. The van der Waals surface area contributed by atoms with E-state index < -0.39 is 0 Å². The van der Waals surface area contributed by atoms with Crippen LogP contribution in [0.2, 0.25) is 0 Å². The lowest BCUT2D eigenvalue weighted by Gasteiger charge is -2.22. The van der Waals surface area contributed by atoms with E-state index in [1.165, 1.54) is 0 Å². The van der Waals surface area contributed by atoms with Gasteiger partial charge in [-0.25, -0.2) is 9.97 Å². The Balaban J connectivity index is 2.44. The van der Waals surface area contributed by atoms with Crippen LogP contribution in [0.5, 0.6) is 0 Å². The van der Waals surface area contributed by atoms with Crippen molar-refractivity contribution in [2.24, 2.45) is 0 Å². The van der Waals surface area contributed by atoms with Gasteiger partial charge in [-0.15, -0.1) is 0 Å². The molecule has 0 bridgehead atoms. The Labute approximate surface area is 118 Å². The van der Waals surface area contributed by atoms with Crippen LogP contribution in [0.1, 0.15) is 17.0 Å². The highest BCUT2D eigenvalue weighted by molar-refractivity contribution is 5.67. The van der Waals surface area contributed by atoms with E-state index >= 15 is 0 Å². The first-order valence-electron chi connectivity index (χ1n) is 6.33. The number of nitrogens with one attached hydrogen (secondary N) is 1. The molecule has 0 amide bonds. The van der Waals surface area contributed by atoms with Gasteiger partial charge >= 0.3 is 0 Å². The summed E-state index contributed by atoms with van der Waals surface area (Å²) in [4.78, 5) is 10.9. The van der Waals surface area contributed by atoms with Gasteiger partial charge in [-0.1, -0.05) is 0 Å². The fourth-order valence-electron chi connectivity index (χ4n) is 2.07. The van der Waals surface area contributed by atoms with Crippen LogP contribution < -0.4 is 10.2 Å². The Morgan fingerprint density at radius 3 is 2.35 bits per heavy atom. The van der Waals surface area contributed by atoms with Crippen molar-refractivity contribution in [3.8, 4) is 6.07 Å². The van der Waals surface area contributed by atoms with Crippen molar-refractivity contribution >= 4 is 17.3 Å². The van der Waals surface area contributed by atoms with Gasteiger partial charge in [0.25, 0.3) is 0 Å². The summed E-state index contributed by atoms with van der Waals surface area (Å²) in [5.74, 6) is 2.40. The first-order chi connectivity index (χ1) is 9.56. The van der Waals surface area contributed by atoms with Crippen LogP contribution >= 0.6 is 0 Å². The molecule has 1 aromatic carbocycles. The van der Waals surface area contributed by atoms with Crippen molar-refractivity contribution in [2.75, 3.05) is 24.3 Å². The second-order valence-electron chi connectivity index (χ2n) is 4.54. The summed E-state index contributed by atoms with van der Waals surface area (Å²) in [6.07, 6.45) is 0. The van der Waals surface area contributed by atoms with Crippen molar-refractivity contribution in [3.63, 3.8) is 0 Å². The topological polar surface area (TPSA) is 64.8 Å². The predicted octanol–water partition coefficient (Wildman–Crippen LogP) is 2.77. The Bertz CT molecular complexity index is 655. The third kappa shape index (κ3) is 2.54. The molecule has 5 heteroatoms. The summed E-state index contributed by atoms with van der Waals surface area (Å²) in [7, 11) is 3.80. The summed E-state index contributed by atoms with van der Waals surface area (Å²) in [6.45, 7) is 3.86. The zero-order valence-corrected chi connectivity index (χ0v) is 12.1. The predicted molar refractivity (Wildman–Crippen MR) is 80.3 cm³/mol. The highest BCUT2D eigenvalue weighted by Gasteiger charge is 2.13. The normalized spacial score (nSPS) is 9.95. The largest absolute Gasteiger partial charge is 0.373 e. The van der Waals surface area contributed by atoms with Crippen LogP contribution in [0.15, 0.2) is 24.3 Å². The SMILES string of the molecule is CNc1nc(C)nc(N(C)c2ccc(C#N)cc2)c1C. The van der Waals surface area contributed by atoms with E-state index in [4.69, 9.17) is 5.26 Å². The third-order valence-corrected chi connectivity index (χ3v) is 3.17. The average molecular weight is 267 g/mol. The van der Waals surface area contributed by atoms with Gasteiger partial charge in [-0.05, 0) is 38.1 Å². The number of anilines is 3. The highest BCUT2D eigenvalue weighted by Crippen LogP contribution is 2.28. The lowest BCUT2D eigenvalue weighted by molar-refractivity contribution is 0.993. The molecule has 0 atom stereocenters. The number of nitrogens with zero attached hydrogens (tertiary/aromatic N) is 4. The fraction of sp³-hybridized carbons (Fsp3) is 0.267. The maximum absolute atomic E-state index is 8.84. The molecule has 0 saturated heterocycles. The van der Waals surface area contributed by atoms with E-state index in [9.17, 15) is 0 Å². The Morgan fingerprint density at radius 2 is 1.80 bits per heavy atom. The molecule has 1 aromatic heterocycles. The second kappa shape index (κ2) is 5.57. The van der Waals surface area contributed by atoms with Crippen LogP contribution in [-0.2, 0) is 0 Å². The van der Waals surface area contributed by atoms with Crippen LogP contribution in [0.3, 0.4) is 0 Å². The molecular formula is C15H17N5. The molecule has 0 radical (unpaired) electrons. The van der Waals surface area contributed by atoms with Crippen LogP contribution in [0.4, 0.5) is 17.3 Å². The molecule has 2 aromatic rings. The van der Waals surface area contributed by atoms with Gasteiger partial charge in [0.2, 0.25) is 0 Å². The number of aromatic nitrogens is 2. The van der Waals surface area contributed by atoms with Gasteiger partial charge < -0.3 is 10.2 Å². The average Bonchev–Trinajstić information content (AvgIpc) is 2.48. The molecule has 0 saturated carbocycles. The van der Waals surface area contributed by atoms with Gasteiger partial charge in [0, 0.05) is 25.3 Å². The van der Waals surface area contributed by atoms with Crippen LogP contribution in [0, 0.1) is 25.2 Å². The Hall–Kier alpha value is -2.61. The molecule has 0 aliphatic heterocycles. The molecule has 0 unspecified atom stereocenters. The zero-order valence-electron chi connectivity index (χ0n) is 12.1. The standard InChI is InChI=1S/C15H17N5/c1-10-14(17-3)18-11(2)19-15(10)20(4)13-7-5-12(9-16)6-8-13/h5-8H,1-4H3,(H,17,18,19). The van der Waals surface area contributed by atoms with Crippen molar-refractivity contribution in [2.45, 2.75) is 13.8 Å². The van der Waals surface area contributed by atoms with Crippen LogP contribution in [-0.4, -0.2) is 24.1 Å². The molecule has 0 aliphatic rings. The maximum atomic E-state index is 8.84. The van der Waals surface area contributed by atoms with Gasteiger partial charge in [0.15, 0.2) is 0 Å². The van der Waals surface area contributed by atoms with Crippen molar-refractivity contribution in [3.05, 3.63) is 41.2 Å². The van der Waals surface area contributed by atoms with E-state index in [0.29, 0.717) is 5.56 Å². The molecule has 1 heterocycles. The number of rotatable bonds is 3. The zero-order chi connectivity index (χ0) is 14.7. The van der Waals surface area contributed by atoms with Crippen LogP contribution in [0.25, 0.3) is 0 Å². The number of nitriles is 1. The number of hydrogen-bond acceptors (Lipinski definition) is 5. The lowest BCUT2D eigenvalue weighted by Crippen LogP contribution is -2.15. The lowest BCUT2D eigenvalue weighted by atomic mass is 10.2. The monoisotopic (exact) mass is 267 g/mol. The number of benzene rings is 1. The third-order valence-electron chi connectivity index (χ3n) is 3.17. The number of aryl methyl sites for hydroxylation is 1. The molecule has 5 nitrogen and oxygen atoms in total. The molecule has 20 heavy (non-hydrogen) atoms. The van der Waals surface area contributed by atoms with Gasteiger partial charge in [0.05, 0.1) is 11.6 Å². The van der Waals surface area contributed by atoms with Gasteiger partial charge in [-0.2, -0.15) is 5.26 Å². The molecule has 0 spiro atoms. The summed E-state index contributed by atoms with van der Waals surface area (Å²) < 4.78 is 0. The molecular weight excluding hydrogens is 250 g/mol. The molecule has 2 rings (SSSR count). The molecule has 1 N–H and O–H groups in total. The first-order valence-corrected chi connectivity index (χ1v) is 6.33. The van der Waals surface area contributed by atoms with Crippen molar-refractivity contribution in [1.82, 2.24) is 9.97 Å². The smallest absolute Gasteiger partial charge is 0.141 e. The quantitative estimate of drug-likeness (QED) is 0.926. The Kier molecular flexibility index (Phi) is 3.85. The van der Waals surface area contributed by atoms with E-state index in [1.807, 2.05) is 45.0 Å². The maximum Gasteiger partial charge on any atom is 0.141 e.